The van der Waals surface area contributed by atoms with Crippen molar-refractivity contribution in [3.63, 3.8) is 0 Å². The lowest BCUT2D eigenvalue weighted by Crippen LogP contribution is -2.09. The van der Waals surface area contributed by atoms with E-state index in [1.165, 1.54) is 41.8 Å². The summed E-state index contributed by atoms with van der Waals surface area (Å²) in [6, 6.07) is 16.3. The van der Waals surface area contributed by atoms with Crippen molar-refractivity contribution in [2.75, 3.05) is 0 Å². The molecule has 4 rings (SSSR count). The van der Waals surface area contributed by atoms with E-state index < -0.39 is 21.4 Å². The molecular weight excluding hydrogens is 480 g/mol. The smallest absolute Gasteiger partial charge is 0.278 e. The van der Waals surface area contributed by atoms with E-state index in [0.29, 0.717) is 5.56 Å². The average Bonchev–Trinajstić information content (AvgIpc) is 3.25. The Bertz CT molecular complexity index is 1330. The first-order valence-corrected chi connectivity index (χ1v) is 12.3. The van der Waals surface area contributed by atoms with Gasteiger partial charge in [-0.25, -0.2) is 17.8 Å². The van der Waals surface area contributed by atoms with Gasteiger partial charge in [0.2, 0.25) is 0 Å². The number of nitrogens with zero attached hydrogens (tertiary/aromatic N) is 1. The Balaban J connectivity index is 1.75. The van der Waals surface area contributed by atoms with Crippen molar-refractivity contribution in [2.24, 2.45) is 0 Å². The van der Waals surface area contributed by atoms with E-state index in [2.05, 4.69) is 4.98 Å². The molecule has 4 nitrogen and oxygen atoms in total. The predicted octanol–water partition coefficient (Wildman–Crippen LogP) is 7.02. The Morgan fingerprint density at radius 2 is 1.77 bits per heavy atom. The van der Waals surface area contributed by atoms with E-state index in [0.717, 1.165) is 5.56 Å². The van der Waals surface area contributed by atoms with Gasteiger partial charge in [0.15, 0.2) is 15.6 Å². The van der Waals surface area contributed by atoms with E-state index >= 15 is 0 Å². The summed E-state index contributed by atoms with van der Waals surface area (Å²) in [5.74, 6) is -1.32. The molecule has 9 heteroatoms. The standard InChI is InChI=1S/C22H14Cl2FNO3S2/c23-17-11-18(24)21(29-22-26-8-9-30-22)20(12-17)31(27,28)13-16-10-15(6-7-19(16)25)14-4-2-1-3-5-14/h1-12H,13H2. The molecule has 0 aliphatic carbocycles. The number of benzene rings is 3. The molecule has 158 valence electrons. The van der Waals surface area contributed by atoms with Crippen molar-refractivity contribution in [1.82, 2.24) is 4.98 Å². The van der Waals surface area contributed by atoms with Crippen molar-refractivity contribution >= 4 is 44.4 Å². The first-order valence-electron chi connectivity index (χ1n) is 8.96. The minimum atomic E-state index is -4.07. The zero-order valence-electron chi connectivity index (χ0n) is 15.8. The molecule has 0 saturated heterocycles. The number of thiazole rings is 1. The fourth-order valence-electron chi connectivity index (χ4n) is 2.99. The minimum absolute atomic E-state index is 0.0137. The van der Waals surface area contributed by atoms with Gasteiger partial charge < -0.3 is 4.74 Å². The SMILES string of the molecule is O=S(=O)(Cc1cc(-c2ccccc2)ccc1F)c1cc(Cl)cc(Cl)c1Oc1nccs1. The van der Waals surface area contributed by atoms with Crippen molar-refractivity contribution < 1.29 is 17.5 Å². The molecular formula is C22H14Cl2FNO3S2. The molecule has 0 fully saturated rings. The molecule has 0 radical (unpaired) electrons. The first kappa shape index (κ1) is 21.8. The summed E-state index contributed by atoms with van der Waals surface area (Å²) in [6.45, 7) is 0. The molecule has 1 heterocycles. The van der Waals surface area contributed by atoms with Crippen LogP contribution in [0, 0.1) is 5.82 Å². The second kappa shape index (κ2) is 8.96. The Labute approximate surface area is 192 Å². The third-order valence-electron chi connectivity index (χ3n) is 4.41. The quantitative estimate of drug-likeness (QED) is 0.289. The van der Waals surface area contributed by atoms with Gasteiger partial charge in [-0.15, -0.1) is 0 Å². The molecule has 0 bridgehead atoms. The van der Waals surface area contributed by atoms with E-state index in [4.69, 9.17) is 27.9 Å². The third-order valence-corrected chi connectivity index (χ3v) is 7.22. The van der Waals surface area contributed by atoms with Crippen molar-refractivity contribution in [2.45, 2.75) is 10.6 Å². The van der Waals surface area contributed by atoms with Crippen LogP contribution >= 0.6 is 34.5 Å². The molecule has 4 aromatic rings. The van der Waals surface area contributed by atoms with Crippen LogP contribution in [0.1, 0.15) is 5.56 Å². The summed E-state index contributed by atoms with van der Waals surface area (Å²) >= 11 is 13.5. The number of ether oxygens (including phenoxy) is 1. The summed E-state index contributed by atoms with van der Waals surface area (Å²) in [7, 11) is -4.07. The lowest BCUT2D eigenvalue weighted by atomic mass is 10.0. The van der Waals surface area contributed by atoms with Crippen LogP contribution in [-0.2, 0) is 15.6 Å². The van der Waals surface area contributed by atoms with E-state index in [9.17, 15) is 12.8 Å². The van der Waals surface area contributed by atoms with Crippen molar-refractivity contribution in [3.05, 3.63) is 93.7 Å². The van der Waals surface area contributed by atoms with E-state index in [-0.39, 0.29) is 31.4 Å². The van der Waals surface area contributed by atoms with Gasteiger partial charge in [0.25, 0.3) is 5.19 Å². The maximum Gasteiger partial charge on any atom is 0.278 e. The summed E-state index contributed by atoms with van der Waals surface area (Å²) < 4.78 is 46.7. The second-order valence-corrected chi connectivity index (χ2v) is 10.2. The fraction of sp³-hybridized carbons (Fsp3) is 0.0455. The van der Waals surface area contributed by atoms with Crippen LogP contribution in [0.4, 0.5) is 4.39 Å². The van der Waals surface area contributed by atoms with Crippen LogP contribution in [-0.4, -0.2) is 13.4 Å². The Morgan fingerprint density at radius 3 is 2.48 bits per heavy atom. The molecule has 31 heavy (non-hydrogen) atoms. The maximum absolute atomic E-state index is 14.5. The number of hydrogen-bond acceptors (Lipinski definition) is 5. The van der Waals surface area contributed by atoms with Crippen LogP contribution in [0.5, 0.6) is 10.9 Å². The normalized spacial score (nSPS) is 11.5. The molecule has 0 amide bonds. The highest BCUT2D eigenvalue weighted by molar-refractivity contribution is 7.90. The molecule has 0 saturated carbocycles. The van der Waals surface area contributed by atoms with Gasteiger partial charge in [0.1, 0.15) is 10.7 Å². The minimum Gasteiger partial charge on any atom is -0.428 e. The average molecular weight is 494 g/mol. The summed E-state index contributed by atoms with van der Waals surface area (Å²) in [5.41, 5.74) is 1.58. The van der Waals surface area contributed by atoms with Crippen LogP contribution in [0.25, 0.3) is 11.1 Å². The lowest BCUT2D eigenvalue weighted by molar-refractivity contribution is 0.464. The largest absolute Gasteiger partial charge is 0.428 e. The second-order valence-electron chi connectivity index (χ2n) is 6.55. The zero-order chi connectivity index (χ0) is 22.0. The van der Waals surface area contributed by atoms with Gasteiger partial charge >= 0.3 is 0 Å². The van der Waals surface area contributed by atoms with Crippen LogP contribution in [0.15, 0.2) is 77.1 Å². The summed E-state index contributed by atoms with van der Waals surface area (Å²) in [6.07, 6.45) is 1.52. The molecule has 0 unspecified atom stereocenters. The monoisotopic (exact) mass is 493 g/mol. The van der Waals surface area contributed by atoms with Gasteiger partial charge in [0, 0.05) is 22.2 Å². The number of halogens is 3. The van der Waals surface area contributed by atoms with Gasteiger partial charge in [-0.2, -0.15) is 0 Å². The van der Waals surface area contributed by atoms with Gasteiger partial charge in [-0.1, -0.05) is 70.9 Å². The van der Waals surface area contributed by atoms with Gasteiger partial charge in [-0.05, 0) is 35.4 Å². The number of sulfone groups is 1. The molecule has 0 atom stereocenters. The van der Waals surface area contributed by atoms with Gasteiger partial charge in [-0.3, -0.25) is 0 Å². The van der Waals surface area contributed by atoms with Crippen LogP contribution < -0.4 is 4.74 Å². The van der Waals surface area contributed by atoms with E-state index in [1.54, 1.807) is 11.4 Å². The first-order chi connectivity index (χ1) is 14.8. The molecule has 1 aromatic heterocycles. The Hall–Kier alpha value is -2.45. The number of aromatic nitrogens is 1. The molecule has 0 N–H and O–H groups in total. The molecule has 3 aromatic carbocycles. The number of rotatable bonds is 6. The lowest BCUT2D eigenvalue weighted by Gasteiger charge is -2.13. The van der Waals surface area contributed by atoms with Crippen molar-refractivity contribution in [1.29, 1.82) is 0 Å². The maximum atomic E-state index is 14.5. The Kier molecular flexibility index (Phi) is 6.29. The third kappa shape index (κ3) is 4.91. The summed E-state index contributed by atoms with van der Waals surface area (Å²) in [5, 5.41) is 2.03. The highest BCUT2D eigenvalue weighted by Gasteiger charge is 2.26. The predicted molar refractivity (Wildman–Crippen MR) is 121 cm³/mol. The fourth-order valence-corrected chi connectivity index (χ4v) is 5.66. The molecule has 0 aliphatic heterocycles. The topological polar surface area (TPSA) is 56.3 Å². The van der Waals surface area contributed by atoms with Gasteiger partial charge in [0.05, 0.1) is 10.8 Å². The molecule has 0 aliphatic rings. The number of hydrogen-bond donors (Lipinski definition) is 0. The van der Waals surface area contributed by atoms with E-state index in [1.807, 2.05) is 30.3 Å². The highest BCUT2D eigenvalue weighted by Crippen LogP contribution is 2.40. The van der Waals surface area contributed by atoms with Crippen molar-refractivity contribution in [3.8, 4) is 22.1 Å². The molecule has 0 spiro atoms. The van der Waals surface area contributed by atoms with Crippen LogP contribution in [0.2, 0.25) is 10.0 Å². The highest BCUT2D eigenvalue weighted by atomic mass is 35.5. The van der Waals surface area contributed by atoms with Crippen LogP contribution in [0.3, 0.4) is 0 Å². The zero-order valence-corrected chi connectivity index (χ0v) is 18.9. The Morgan fingerprint density at radius 1 is 1.00 bits per heavy atom. The summed E-state index contributed by atoms with van der Waals surface area (Å²) in [4.78, 5) is 3.76.